The maximum atomic E-state index is 11.4. The van der Waals surface area contributed by atoms with Gasteiger partial charge in [0.15, 0.2) is 0 Å². The van der Waals surface area contributed by atoms with E-state index in [1.807, 2.05) is 30.3 Å². The summed E-state index contributed by atoms with van der Waals surface area (Å²) in [5.74, 6) is -1.03. The third-order valence-electron chi connectivity index (χ3n) is 3.59. The molecule has 0 spiro atoms. The molecule has 0 bridgehead atoms. The minimum Gasteiger partial charge on any atom is -0.478 e. The average molecular weight is 313 g/mol. The van der Waals surface area contributed by atoms with Crippen molar-refractivity contribution in [3.05, 3.63) is 70.5 Å². The largest absolute Gasteiger partial charge is 0.478 e. The first-order chi connectivity index (χ1) is 10.6. The van der Waals surface area contributed by atoms with Gasteiger partial charge < -0.3 is 10.8 Å². The second kappa shape index (κ2) is 5.66. The van der Waals surface area contributed by atoms with Crippen LogP contribution in [0.25, 0.3) is 10.8 Å². The van der Waals surface area contributed by atoms with Crippen molar-refractivity contribution in [1.29, 1.82) is 0 Å². The van der Waals surface area contributed by atoms with Crippen molar-refractivity contribution in [3.63, 3.8) is 0 Å². The summed E-state index contributed by atoms with van der Waals surface area (Å²) in [6.45, 7) is 0. The van der Waals surface area contributed by atoms with Crippen LogP contribution in [-0.2, 0) is 6.42 Å². The number of carbonyl (C=O) groups is 1. The van der Waals surface area contributed by atoms with Crippen molar-refractivity contribution < 1.29 is 9.90 Å². The standard InChI is InChI=1S/C17H13ClN2O2/c18-15-6-5-10(9-20-15)7-11-8-14(17(21)22)16(19)13-4-2-1-3-12(11)13/h1-6,8-9H,7,19H2,(H,21,22). The van der Waals surface area contributed by atoms with Gasteiger partial charge in [-0.15, -0.1) is 0 Å². The lowest BCUT2D eigenvalue weighted by Gasteiger charge is -2.12. The molecule has 0 fully saturated rings. The smallest absolute Gasteiger partial charge is 0.337 e. The monoisotopic (exact) mass is 312 g/mol. The highest BCUT2D eigenvalue weighted by molar-refractivity contribution is 6.29. The van der Waals surface area contributed by atoms with Gasteiger partial charge in [0.2, 0.25) is 0 Å². The number of hydrogen-bond donors (Lipinski definition) is 2. The molecule has 0 saturated heterocycles. The molecule has 3 aromatic rings. The third kappa shape index (κ3) is 2.61. The Morgan fingerprint density at radius 3 is 2.55 bits per heavy atom. The van der Waals surface area contributed by atoms with Gasteiger partial charge in [0.1, 0.15) is 5.15 Å². The van der Waals surface area contributed by atoms with Crippen LogP contribution in [0.5, 0.6) is 0 Å². The van der Waals surface area contributed by atoms with Crippen molar-refractivity contribution in [2.24, 2.45) is 0 Å². The number of pyridine rings is 1. The Hall–Kier alpha value is -2.59. The molecule has 1 aromatic heterocycles. The second-order valence-corrected chi connectivity index (χ2v) is 5.40. The van der Waals surface area contributed by atoms with Crippen molar-refractivity contribution >= 4 is 34.0 Å². The number of anilines is 1. The quantitative estimate of drug-likeness (QED) is 0.570. The molecular weight excluding hydrogens is 300 g/mol. The molecule has 0 unspecified atom stereocenters. The first-order valence-electron chi connectivity index (χ1n) is 6.70. The number of hydrogen-bond acceptors (Lipinski definition) is 3. The molecule has 0 aliphatic heterocycles. The van der Waals surface area contributed by atoms with Gasteiger partial charge in [-0.1, -0.05) is 41.9 Å². The van der Waals surface area contributed by atoms with E-state index in [0.717, 1.165) is 21.9 Å². The van der Waals surface area contributed by atoms with Gasteiger partial charge in [-0.3, -0.25) is 0 Å². The molecule has 3 rings (SSSR count). The van der Waals surface area contributed by atoms with E-state index < -0.39 is 5.97 Å². The lowest BCUT2D eigenvalue weighted by Crippen LogP contribution is -2.05. The number of nitrogens with zero attached hydrogens (tertiary/aromatic N) is 1. The lowest BCUT2D eigenvalue weighted by molar-refractivity contribution is 0.0698. The van der Waals surface area contributed by atoms with E-state index in [2.05, 4.69) is 4.98 Å². The number of aromatic carboxylic acids is 1. The average Bonchev–Trinajstić information content (AvgIpc) is 2.52. The second-order valence-electron chi connectivity index (χ2n) is 5.01. The fourth-order valence-corrected chi connectivity index (χ4v) is 2.64. The predicted octanol–water partition coefficient (Wildman–Crippen LogP) is 3.76. The van der Waals surface area contributed by atoms with Gasteiger partial charge in [0, 0.05) is 11.6 Å². The fourth-order valence-electron chi connectivity index (χ4n) is 2.53. The van der Waals surface area contributed by atoms with Gasteiger partial charge in [-0.25, -0.2) is 9.78 Å². The van der Waals surface area contributed by atoms with Crippen LogP contribution in [-0.4, -0.2) is 16.1 Å². The minimum atomic E-state index is -1.03. The van der Waals surface area contributed by atoms with E-state index in [4.69, 9.17) is 17.3 Å². The molecule has 22 heavy (non-hydrogen) atoms. The summed E-state index contributed by atoms with van der Waals surface area (Å²) < 4.78 is 0. The van der Waals surface area contributed by atoms with E-state index in [9.17, 15) is 9.90 Å². The van der Waals surface area contributed by atoms with E-state index in [1.54, 1.807) is 18.3 Å². The molecule has 0 amide bonds. The van der Waals surface area contributed by atoms with Crippen LogP contribution in [0.15, 0.2) is 48.7 Å². The summed E-state index contributed by atoms with van der Waals surface area (Å²) in [5, 5.41) is 11.5. The molecule has 5 heteroatoms. The van der Waals surface area contributed by atoms with Gasteiger partial charge in [-0.05, 0) is 35.1 Å². The number of nitrogen functional groups attached to an aromatic ring is 1. The van der Waals surface area contributed by atoms with Gasteiger partial charge in [0.05, 0.1) is 11.3 Å². The topological polar surface area (TPSA) is 76.2 Å². The Morgan fingerprint density at radius 2 is 1.91 bits per heavy atom. The Kier molecular flexibility index (Phi) is 3.69. The predicted molar refractivity (Wildman–Crippen MR) is 87.4 cm³/mol. The molecule has 4 nitrogen and oxygen atoms in total. The minimum absolute atomic E-state index is 0.121. The molecule has 0 saturated carbocycles. The van der Waals surface area contributed by atoms with Gasteiger partial charge in [0.25, 0.3) is 0 Å². The van der Waals surface area contributed by atoms with Crippen LogP contribution in [0, 0.1) is 0 Å². The Balaban J connectivity index is 2.17. The zero-order valence-electron chi connectivity index (χ0n) is 11.6. The number of halogens is 1. The molecule has 0 radical (unpaired) electrons. The number of carboxylic acid groups (broad SMARTS) is 1. The van der Waals surface area contributed by atoms with E-state index in [-0.39, 0.29) is 5.56 Å². The van der Waals surface area contributed by atoms with Crippen molar-refractivity contribution in [3.8, 4) is 0 Å². The fraction of sp³-hybridized carbons (Fsp3) is 0.0588. The Morgan fingerprint density at radius 1 is 1.18 bits per heavy atom. The van der Waals surface area contributed by atoms with Crippen LogP contribution in [0.2, 0.25) is 5.15 Å². The summed E-state index contributed by atoms with van der Waals surface area (Å²) in [4.78, 5) is 15.5. The summed E-state index contributed by atoms with van der Waals surface area (Å²) in [7, 11) is 0. The van der Waals surface area contributed by atoms with Crippen LogP contribution in [0.4, 0.5) is 5.69 Å². The summed E-state index contributed by atoms with van der Waals surface area (Å²) in [6, 6.07) is 12.8. The third-order valence-corrected chi connectivity index (χ3v) is 3.81. The highest BCUT2D eigenvalue weighted by Crippen LogP contribution is 2.30. The van der Waals surface area contributed by atoms with Crippen molar-refractivity contribution in [1.82, 2.24) is 4.98 Å². The molecule has 1 heterocycles. The van der Waals surface area contributed by atoms with Crippen LogP contribution < -0.4 is 5.73 Å². The highest BCUT2D eigenvalue weighted by Gasteiger charge is 2.14. The summed E-state index contributed by atoms with van der Waals surface area (Å²) in [5.41, 5.74) is 8.25. The molecule has 2 aromatic carbocycles. The summed E-state index contributed by atoms with van der Waals surface area (Å²) >= 11 is 5.79. The zero-order chi connectivity index (χ0) is 15.7. The number of carboxylic acids is 1. The SMILES string of the molecule is Nc1c(C(=O)O)cc(Cc2ccc(Cl)nc2)c2ccccc12. The number of fused-ring (bicyclic) bond motifs is 1. The Bertz CT molecular complexity index is 860. The molecule has 0 atom stereocenters. The number of nitrogens with two attached hydrogens (primary N) is 1. The molecule has 110 valence electrons. The lowest BCUT2D eigenvalue weighted by atomic mass is 9.95. The molecular formula is C17H13ClN2O2. The highest BCUT2D eigenvalue weighted by atomic mass is 35.5. The Labute approximate surface area is 132 Å². The van der Waals surface area contributed by atoms with Crippen LogP contribution >= 0.6 is 11.6 Å². The van der Waals surface area contributed by atoms with E-state index >= 15 is 0 Å². The van der Waals surface area contributed by atoms with Crippen LogP contribution in [0.1, 0.15) is 21.5 Å². The van der Waals surface area contributed by atoms with E-state index in [0.29, 0.717) is 17.3 Å². The van der Waals surface area contributed by atoms with Crippen molar-refractivity contribution in [2.75, 3.05) is 5.73 Å². The van der Waals surface area contributed by atoms with Crippen molar-refractivity contribution in [2.45, 2.75) is 6.42 Å². The van der Waals surface area contributed by atoms with Gasteiger partial charge >= 0.3 is 5.97 Å². The zero-order valence-corrected chi connectivity index (χ0v) is 12.3. The van der Waals surface area contributed by atoms with Crippen LogP contribution in [0.3, 0.4) is 0 Å². The maximum Gasteiger partial charge on any atom is 0.337 e. The first-order valence-corrected chi connectivity index (χ1v) is 7.08. The molecule has 0 aliphatic carbocycles. The molecule has 3 N–H and O–H groups in total. The van der Waals surface area contributed by atoms with E-state index in [1.165, 1.54) is 0 Å². The number of rotatable bonds is 3. The number of benzene rings is 2. The van der Waals surface area contributed by atoms with Gasteiger partial charge in [-0.2, -0.15) is 0 Å². The summed E-state index contributed by atoms with van der Waals surface area (Å²) in [6.07, 6.45) is 2.25. The molecule has 0 aliphatic rings. The number of aromatic nitrogens is 1. The normalized spacial score (nSPS) is 10.8. The first kappa shape index (κ1) is 14.4. The maximum absolute atomic E-state index is 11.4.